The molecule has 0 aromatic heterocycles. The van der Waals surface area contributed by atoms with Crippen molar-refractivity contribution in [1.82, 2.24) is 4.90 Å². The summed E-state index contributed by atoms with van der Waals surface area (Å²) in [6, 6.07) is 0. The summed E-state index contributed by atoms with van der Waals surface area (Å²) in [5.74, 6) is -0.725. The Morgan fingerprint density at radius 2 is 2.13 bits per heavy atom. The van der Waals surface area contributed by atoms with Crippen LogP contribution in [0.4, 0.5) is 0 Å². The number of nitrogens with two attached hydrogens (primary N) is 1. The molecule has 7 heteroatoms. The lowest BCUT2D eigenvalue weighted by molar-refractivity contribution is -0.132. The lowest BCUT2D eigenvalue weighted by Crippen LogP contribution is -2.50. The zero-order valence-electron chi connectivity index (χ0n) is 13.2. The summed E-state index contributed by atoms with van der Waals surface area (Å²) in [5.41, 5.74) is 5.53. The summed E-state index contributed by atoms with van der Waals surface area (Å²) < 4.78 is -0.816. The molecule has 5 nitrogen and oxygen atoms in total. The molecule has 0 aromatic carbocycles. The van der Waals surface area contributed by atoms with Gasteiger partial charge >= 0.3 is 0 Å². The quantitative estimate of drug-likeness (QED) is 0.437. The summed E-state index contributed by atoms with van der Waals surface area (Å²) in [5, 5.41) is 10.4. The Labute approximate surface area is 149 Å². The fourth-order valence-electron chi connectivity index (χ4n) is 3.51. The summed E-state index contributed by atoms with van der Waals surface area (Å²) in [6.07, 6.45) is 10.2. The normalized spacial score (nSPS) is 29.0. The zero-order valence-corrected chi connectivity index (χ0v) is 15.6. The predicted molar refractivity (Wildman–Crippen MR) is 94.4 cm³/mol. The monoisotopic (exact) mass is 399 g/mol. The Morgan fingerprint density at radius 1 is 1.48 bits per heavy atom. The van der Waals surface area contributed by atoms with Crippen molar-refractivity contribution >= 4 is 39.5 Å². The van der Waals surface area contributed by atoms with Crippen LogP contribution in [-0.4, -0.2) is 33.3 Å². The molecular weight excluding hydrogens is 378 g/mol. The van der Waals surface area contributed by atoms with Crippen molar-refractivity contribution < 1.29 is 9.59 Å². The lowest BCUT2D eigenvalue weighted by Gasteiger charge is -2.37. The van der Waals surface area contributed by atoms with Gasteiger partial charge in [0, 0.05) is 7.05 Å². The molecule has 2 N–H and O–H groups in total. The molecule has 0 saturated heterocycles. The van der Waals surface area contributed by atoms with Crippen molar-refractivity contribution in [2.24, 2.45) is 17.6 Å². The Bertz CT molecular complexity index is 542. The number of hydrogen-bond donors (Lipinski definition) is 1. The van der Waals surface area contributed by atoms with Crippen LogP contribution in [0.3, 0.4) is 0 Å². The van der Waals surface area contributed by atoms with E-state index < -0.39 is 21.4 Å². The van der Waals surface area contributed by atoms with Gasteiger partial charge in [-0.3, -0.25) is 14.5 Å². The summed E-state index contributed by atoms with van der Waals surface area (Å²) in [4.78, 5) is 25.7. The molecule has 126 valence electrons. The van der Waals surface area contributed by atoms with Crippen molar-refractivity contribution in [3.63, 3.8) is 0 Å². The van der Waals surface area contributed by atoms with Crippen molar-refractivity contribution in [1.29, 1.82) is 5.26 Å². The molecule has 3 atom stereocenters. The maximum absolute atomic E-state index is 12.8. The number of thioether (sulfide) groups is 1. The number of allylic oxidation sites excluding steroid dienone is 1. The molecule has 0 radical (unpaired) electrons. The van der Waals surface area contributed by atoms with E-state index in [1.807, 2.05) is 17.7 Å². The van der Waals surface area contributed by atoms with Gasteiger partial charge < -0.3 is 5.73 Å². The van der Waals surface area contributed by atoms with Crippen LogP contribution >= 0.6 is 27.7 Å². The number of rotatable bonds is 5. The van der Waals surface area contributed by atoms with Gasteiger partial charge in [0.25, 0.3) is 0 Å². The van der Waals surface area contributed by atoms with Crippen LogP contribution in [0, 0.1) is 23.3 Å². The van der Waals surface area contributed by atoms with Crippen LogP contribution < -0.4 is 5.73 Å². The van der Waals surface area contributed by atoms with E-state index in [1.165, 1.54) is 38.1 Å². The Hall–Kier alpha value is -1.00. The van der Waals surface area contributed by atoms with Gasteiger partial charge in [0.05, 0.1) is 10.2 Å². The molecule has 2 unspecified atom stereocenters. The van der Waals surface area contributed by atoms with Crippen molar-refractivity contribution in [3.05, 3.63) is 11.5 Å². The largest absolute Gasteiger partial charge is 0.369 e. The van der Waals surface area contributed by atoms with Crippen LogP contribution in [0.2, 0.25) is 0 Å². The number of primary amides is 1. The van der Waals surface area contributed by atoms with Gasteiger partial charge in [0.15, 0.2) is 6.19 Å². The first-order valence-electron chi connectivity index (χ1n) is 7.89. The van der Waals surface area contributed by atoms with E-state index in [0.717, 1.165) is 17.7 Å². The van der Waals surface area contributed by atoms with Gasteiger partial charge in [-0.05, 0) is 17.7 Å². The molecule has 1 fully saturated rings. The molecule has 1 saturated carbocycles. The van der Waals surface area contributed by atoms with Crippen LogP contribution in [0.25, 0.3) is 0 Å². The topological polar surface area (TPSA) is 87.2 Å². The minimum absolute atomic E-state index is 0.256. The molecule has 0 spiro atoms. The summed E-state index contributed by atoms with van der Waals surface area (Å²) in [7, 11) is 1.47. The Balaban J connectivity index is 2.28. The Morgan fingerprint density at radius 3 is 2.70 bits per heavy atom. The van der Waals surface area contributed by atoms with Gasteiger partial charge in [-0.25, -0.2) is 0 Å². The second-order valence-electron chi connectivity index (χ2n) is 6.34. The van der Waals surface area contributed by atoms with Crippen LogP contribution in [0.1, 0.15) is 38.5 Å². The highest BCUT2D eigenvalue weighted by Gasteiger charge is 2.51. The second kappa shape index (κ2) is 7.71. The highest BCUT2D eigenvalue weighted by Crippen LogP contribution is 2.48. The standard InChI is InChI=1S/C16H22BrN3O2S/c1-20(10-18)15(22)12(9-11-5-3-2-4-6-11)16(17)7-8-23-13(16)14(19)21/h7-8,11-13H,2-6,9H2,1H3,(H2,19,21)/t12-,13?,16?/m0/s1. The third kappa shape index (κ3) is 3.92. The van der Waals surface area contributed by atoms with E-state index in [1.54, 1.807) is 0 Å². The fraction of sp³-hybridized carbons (Fsp3) is 0.688. The van der Waals surface area contributed by atoms with Gasteiger partial charge in [0.2, 0.25) is 11.8 Å². The van der Waals surface area contributed by atoms with E-state index in [9.17, 15) is 9.59 Å². The number of amides is 2. The first-order valence-corrected chi connectivity index (χ1v) is 9.62. The smallest absolute Gasteiger partial charge is 0.240 e. The first kappa shape index (κ1) is 18.3. The van der Waals surface area contributed by atoms with Gasteiger partial charge in [-0.15, -0.1) is 11.8 Å². The third-order valence-corrected chi connectivity index (χ3v) is 7.57. The number of carbonyl (C=O) groups excluding carboxylic acids is 2. The molecule has 0 bridgehead atoms. The molecule has 1 aliphatic carbocycles. The predicted octanol–water partition coefficient (Wildman–Crippen LogP) is 2.76. The maximum Gasteiger partial charge on any atom is 0.240 e. The van der Waals surface area contributed by atoms with Crippen LogP contribution in [-0.2, 0) is 9.59 Å². The van der Waals surface area contributed by atoms with E-state index >= 15 is 0 Å². The molecule has 1 aliphatic heterocycles. The van der Waals surface area contributed by atoms with Gasteiger partial charge in [-0.1, -0.05) is 54.1 Å². The molecule has 1 heterocycles. The van der Waals surface area contributed by atoms with E-state index in [2.05, 4.69) is 15.9 Å². The number of nitriles is 1. The lowest BCUT2D eigenvalue weighted by atomic mass is 9.76. The molecular formula is C16H22BrN3O2S. The van der Waals surface area contributed by atoms with Gasteiger partial charge in [-0.2, -0.15) is 5.26 Å². The summed E-state index contributed by atoms with van der Waals surface area (Å²) in [6.45, 7) is 0. The van der Waals surface area contributed by atoms with Crippen molar-refractivity contribution in [2.75, 3.05) is 7.05 Å². The summed E-state index contributed by atoms with van der Waals surface area (Å²) >= 11 is 4.97. The highest BCUT2D eigenvalue weighted by atomic mass is 79.9. The molecule has 2 amide bonds. The molecule has 2 aliphatic rings. The number of nitrogens with zero attached hydrogens (tertiary/aromatic N) is 2. The van der Waals surface area contributed by atoms with Crippen molar-refractivity contribution in [3.8, 4) is 6.19 Å². The number of halogens is 1. The van der Waals surface area contributed by atoms with Crippen molar-refractivity contribution in [2.45, 2.75) is 48.1 Å². The SMILES string of the molecule is CN(C#N)C(=O)[C@H](CC1CCCCC1)C1(Br)C=CSC1C(N)=O. The number of hydrogen-bond acceptors (Lipinski definition) is 4. The van der Waals surface area contributed by atoms with E-state index in [-0.39, 0.29) is 5.91 Å². The second-order valence-corrected chi connectivity index (χ2v) is 8.73. The van der Waals surface area contributed by atoms with E-state index in [4.69, 9.17) is 11.0 Å². The number of alkyl halides is 1. The average molecular weight is 400 g/mol. The average Bonchev–Trinajstić information content (AvgIpc) is 2.95. The number of carbonyl (C=O) groups is 2. The molecule has 2 rings (SSSR count). The minimum atomic E-state index is -0.816. The van der Waals surface area contributed by atoms with Crippen LogP contribution in [0.15, 0.2) is 11.5 Å². The van der Waals surface area contributed by atoms with Gasteiger partial charge in [0.1, 0.15) is 5.25 Å². The third-order valence-electron chi connectivity index (χ3n) is 4.80. The van der Waals surface area contributed by atoms with E-state index in [0.29, 0.717) is 12.3 Å². The Kier molecular flexibility index (Phi) is 6.15. The maximum atomic E-state index is 12.8. The zero-order chi connectivity index (χ0) is 17.0. The molecule has 23 heavy (non-hydrogen) atoms. The molecule has 0 aromatic rings. The highest BCUT2D eigenvalue weighted by molar-refractivity contribution is 9.10. The first-order chi connectivity index (χ1) is 10.9. The minimum Gasteiger partial charge on any atom is -0.369 e. The van der Waals surface area contributed by atoms with Crippen LogP contribution in [0.5, 0.6) is 0 Å². The fourth-order valence-corrected chi connectivity index (χ4v) is 5.79.